The lowest BCUT2D eigenvalue weighted by Crippen LogP contribution is -1.98. The summed E-state index contributed by atoms with van der Waals surface area (Å²) in [5, 5.41) is 28.3. The van der Waals surface area contributed by atoms with Gasteiger partial charge in [0.15, 0.2) is 23.0 Å². The Kier molecular flexibility index (Phi) is 3.87. The molecule has 2 aromatic carbocycles. The maximum absolute atomic E-state index is 12.2. The van der Waals surface area contributed by atoms with Crippen LogP contribution in [0.2, 0.25) is 0 Å². The Bertz CT molecular complexity index is 862. The number of rotatable bonds is 3. The first kappa shape index (κ1) is 15.5. The van der Waals surface area contributed by atoms with E-state index >= 15 is 0 Å². The van der Waals surface area contributed by atoms with Gasteiger partial charge in [0.2, 0.25) is 0 Å². The van der Waals surface area contributed by atoms with Crippen molar-refractivity contribution in [2.45, 2.75) is 0 Å². The number of ether oxygens (including phenoxy) is 2. The van der Waals surface area contributed by atoms with Gasteiger partial charge in [-0.2, -0.15) is 0 Å². The summed E-state index contributed by atoms with van der Waals surface area (Å²) in [6, 6.07) is 10.4. The molecule has 0 aromatic heterocycles. The minimum absolute atomic E-state index is 0.128. The SMILES string of the molecule is COC1=C(c2ccc(O)c(O)c2)C(=O)O/C1=C\c1ccc(O)cc1. The van der Waals surface area contributed by atoms with Crippen LogP contribution in [0.15, 0.2) is 54.0 Å². The van der Waals surface area contributed by atoms with Crippen molar-refractivity contribution in [3.05, 3.63) is 65.1 Å². The van der Waals surface area contributed by atoms with Gasteiger partial charge < -0.3 is 24.8 Å². The topological polar surface area (TPSA) is 96.2 Å². The highest BCUT2D eigenvalue weighted by molar-refractivity contribution is 6.21. The molecule has 3 N–H and O–H groups in total. The molecule has 0 radical (unpaired) electrons. The van der Waals surface area contributed by atoms with Gasteiger partial charge in [0.1, 0.15) is 11.3 Å². The normalized spacial score (nSPS) is 15.7. The third-order valence-electron chi connectivity index (χ3n) is 3.52. The molecule has 1 aliphatic heterocycles. The fourth-order valence-corrected chi connectivity index (χ4v) is 2.36. The molecule has 3 rings (SSSR count). The van der Waals surface area contributed by atoms with Gasteiger partial charge in [-0.05, 0) is 41.5 Å². The molecule has 0 saturated heterocycles. The number of carbonyl (C=O) groups excluding carboxylic acids is 1. The molecule has 0 spiro atoms. The molecule has 0 saturated carbocycles. The second-order valence-electron chi connectivity index (χ2n) is 5.10. The number of carbonyl (C=O) groups is 1. The highest BCUT2D eigenvalue weighted by atomic mass is 16.6. The summed E-state index contributed by atoms with van der Waals surface area (Å²) in [5.41, 5.74) is 1.22. The molecule has 24 heavy (non-hydrogen) atoms. The van der Waals surface area contributed by atoms with Crippen LogP contribution in [0, 0.1) is 0 Å². The van der Waals surface area contributed by atoms with Gasteiger partial charge in [-0.1, -0.05) is 18.2 Å². The van der Waals surface area contributed by atoms with Crippen molar-refractivity contribution < 1.29 is 29.6 Å². The number of aromatic hydroxyl groups is 3. The molecule has 122 valence electrons. The maximum Gasteiger partial charge on any atom is 0.348 e. The minimum atomic E-state index is -0.623. The summed E-state index contributed by atoms with van der Waals surface area (Å²) in [5.74, 6) is -0.692. The molecule has 1 heterocycles. The van der Waals surface area contributed by atoms with Gasteiger partial charge in [-0.25, -0.2) is 4.79 Å². The van der Waals surface area contributed by atoms with Crippen molar-refractivity contribution in [2.75, 3.05) is 7.11 Å². The van der Waals surface area contributed by atoms with Crippen molar-refractivity contribution in [1.82, 2.24) is 0 Å². The second kappa shape index (κ2) is 6.00. The molecule has 6 nitrogen and oxygen atoms in total. The fourth-order valence-electron chi connectivity index (χ4n) is 2.36. The van der Waals surface area contributed by atoms with E-state index in [1.807, 2.05) is 0 Å². The molecule has 0 atom stereocenters. The van der Waals surface area contributed by atoms with Gasteiger partial charge in [0.05, 0.1) is 7.11 Å². The number of phenolic OH excluding ortho intramolecular Hbond substituents is 3. The number of hydrogen-bond acceptors (Lipinski definition) is 6. The monoisotopic (exact) mass is 326 g/mol. The number of cyclic esters (lactones) is 1. The van der Waals surface area contributed by atoms with Gasteiger partial charge in [0.25, 0.3) is 0 Å². The first-order valence-electron chi connectivity index (χ1n) is 7.03. The molecule has 0 aliphatic carbocycles. The van der Waals surface area contributed by atoms with Crippen molar-refractivity contribution in [1.29, 1.82) is 0 Å². The third-order valence-corrected chi connectivity index (χ3v) is 3.52. The van der Waals surface area contributed by atoms with E-state index in [0.29, 0.717) is 11.1 Å². The largest absolute Gasteiger partial charge is 0.508 e. The van der Waals surface area contributed by atoms with Crippen LogP contribution < -0.4 is 0 Å². The van der Waals surface area contributed by atoms with Gasteiger partial charge in [-0.15, -0.1) is 0 Å². The number of hydrogen-bond donors (Lipinski definition) is 3. The predicted molar refractivity (Wildman–Crippen MR) is 85.9 cm³/mol. The van der Waals surface area contributed by atoms with Gasteiger partial charge >= 0.3 is 5.97 Å². The standard InChI is InChI=1S/C18H14O6/c1-23-17-15(8-10-2-5-12(19)6-3-10)24-18(22)16(17)11-4-7-13(20)14(21)9-11/h2-9,19-21H,1H3/b15-8-. The van der Waals surface area contributed by atoms with Crippen LogP contribution >= 0.6 is 0 Å². The van der Waals surface area contributed by atoms with Crippen LogP contribution in [0.3, 0.4) is 0 Å². The molecule has 0 fully saturated rings. The van der Waals surface area contributed by atoms with E-state index in [9.17, 15) is 20.1 Å². The zero-order valence-corrected chi connectivity index (χ0v) is 12.7. The summed E-state index contributed by atoms with van der Waals surface area (Å²) in [7, 11) is 1.40. The van der Waals surface area contributed by atoms with E-state index < -0.39 is 5.97 Å². The lowest BCUT2D eigenvalue weighted by molar-refractivity contribution is -0.131. The summed E-state index contributed by atoms with van der Waals surface area (Å²) >= 11 is 0. The van der Waals surface area contributed by atoms with Crippen molar-refractivity contribution in [3.8, 4) is 17.2 Å². The molecule has 0 unspecified atom stereocenters. The van der Waals surface area contributed by atoms with Gasteiger partial charge in [0, 0.05) is 0 Å². The summed E-state index contributed by atoms with van der Waals surface area (Å²) in [6.45, 7) is 0. The molecular weight excluding hydrogens is 312 g/mol. The van der Waals surface area contributed by atoms with Crippen LogP contribution in [-0.2, 0) is 14.3 Å². The van der Waals surface area contributed by atoms with Crippen LogP contribution in [0.25, 0.3) is 11.6 Å². The Morgan fingerprint density at radius 3 is 2.33 bits per heavy atom. The first-order chi connectivity index (χ1) is 11.5. The first-order valence-corrected chi connectivity index (χ1v) is 7.03. The number of benzene rings is 2. The molecule has 0 bridgehead atoms. The van der Waals surface area contributed by atoms with Crippen LogP contribution in [0.5, 0.6) is 17.2 Å². The zero-order chi connectivity index (χ0) is 17.3. The average molecular weight is 326 g/mol. The van der Waals surface area contributed by atoms with E-state index in [2.05, 4.69) is 0 Å². The Morgan fingerprint density at radius 1 is 1.00 bits per heavy atom. The van der Waals surface area contributed by atoms with Crippen molar-refractivity contribution >= 4 is 17.6 Å². The zero-order valence-electron chi connectivity index (χ0n) is 12.7. The predicted octanol–water partition coefficient (Wildman–Crippen LogP) is 2.76. The Hall–Kier alpha value is -3.41. The summed E-state index contributed by atoms with van der Waals surface area (Å²) in [4.78, 5) is 12.2. The van der Waals surface area contributed by atoms with E-state index in [0.717, 1.165) is 0 Å². The Labute approximate surface area is 137 Å². The maximum atomic E-state index is 12.2. The molecular formula is C18H14O6. The lowest BCUT2D eigenvalue weighted by atomic mass is 10.0. The van der Waals surface area contributed by atoms with E-state index in [1.165, 1.54) is 37.4 Å². The van der Waals surface area contributed by atoms with E-state index in [-0.39, 0.29) is 34.3 Å². The molecule has 1 aliphatic rings. The Balaban J connectivity index is 2.07. The average Bonchev–Trinajstić information content (AvgIpc) is 2.87. The molecule has 0 amide bonds. The van der Waals surface area contributed by atoms with Crippen LogP contribution in [0.4, 0.5) is 0 Å². The smallest absolute Gasteiger partial charge is 0.348 e. The number of esters is 1. The highest BCUT2D eigenvalue weighted by Gasteiger charge is 2.32. The van der Waals surface area contributed by atoms with Crippen LogP contribution in [0.1, 0.15) is 11.1 Å². The van der Waals surface area contributed by atoms with Crippen LogP contribution in [-0.4, -0.2) is 28.4 Å². The van der Waals surface area contributed by atoms with E-state index in [4.69, 9.17) is 9.47 Å². The molecule has 2 aromatic rings. The van der Waals surface area contributed by atoms with Crippen molar-refractivity contribution in [3.63, 3.8) is 0 Å². The fraction of sp³-hybridized carbons (Fsp3) is 0.0556. The van der Waals surface area contributed by atoms with E-state index in [1.54, 1.807) is 18.2 Å². The Morgan fingerprint density at radius 2 is 1.71 bits per heavy atom. The van der Waals surface area contributed by atoms with Crippen molar-refractivity contribution in [2.24, 2.45) is 0 Å². The molecule has 6 heteroatoms. The highest BCUT2D eigenvalue weighted by Crippen LogP contribution is 2.37. The quantitative estimate of drug-likeness (QED) is 0.593. The van der Waals surface area contributed by atoms with Gasteiger partial charge in [-0.3, -0.25) is 0 Å². The summed E-state index contributed by atoms with van der Waals surface area (Å²) in [6.07, 6.45) is 1.60. The lowest BCUT2D eigenvalue weighted by Gasteiger charge is -2.05. The second-order valence-corrected chi connectivity index (χ2v) is 5.10. The number of methoxy groups -OCH3 is 1. The summed E-state index contributed by atoms with van der Waals surface area (Å²) < 4.78 is 10.6. The number of phenols is 3. The third kappa shape index (κ3) is 2.77. The minimum Gasteiger partial charge on any atom is -0.508 e.